The Kier molecular flexibility index (Phi) is 6.37. The van der Waals surface area contributed by atoms with Crippen molar-refractivity contribution in [2.75, 3.05) is 28.4 Å². The van der Waals surface area contributed by atoms with Crippen molar-refractivity contribution in [1.82, 2.24) is 10.6 Å². The lowest BCUT2D eigenvalue weighted by atomic mass is 9.59. The van der Waals surface area contributed by atoms with Crippen LogP contribution in [0.5, 0.6) is 23.0 Å². The number of ether oxygens (including phenoxy) is 4. The Morgan fingerprint density at radius 3 is 1.47 bits per heavy atom. The summed E-state index contributed by atoms with van der Waals surface area (Å²) in [5, 5.41) is 5.70. The van der Waals surface area contributed by atoms with Crippen molar-refractivity contribution in [2.45, 2.75) is 31.3 Å². The first-order valence-corrected chi connectivity index (χ1v) is 11.0. The molecule has 0 bridgehead atoms. The number of hydrogen-bond donors (Lipinski definition) is 2. The van der Waals surface area contributed by atoms with Gasteiger partial charge in [0, 0.05) is 12.8 Å². The number of benzene rings is 2. The molecule has 2 fully saturated rings. The molecule has 0 radical (unpaired) electrons. The zero-order chi connectivity index (χ0) is 24.5. The average molecular weight is 469 g/mol. The first kappa shape index (κ1) is 23.4. The molecule has 1 aliphatic carbocycles. The van der Waals surface area contributed by atoms with Crippen molar-refractivity contribution in [3.8, 4) is 23.0 Å². The summed E-state index contributed by atoms with van der Waals surface area (Å²) in [6.07, 6.45) is 0.943. The minimum atomic E-state index is -1.55. The van der Waals surface area contributed by atoms with Crippen LogP contribution in [0, 0.1) is 5.41 Å². The third-order valence-corrected chi connectivity index (χ3v) is 6.67. The van der Waals surface area contributed by atoms with Crippen LogP contribution in [0.3, 0.4) is 0 Å². The molecule has 9 nitrogen and oxygen atoms in total. The molecule has 0 aromatic heterocycles. The second kappa shape index (κ2) is 9.24. The molecule has 2 aromatic carbocycles. The van der Waals surface area contributed by atoms with Gasteiger partial charge >= 0.3 is 6.03 Å². The number of hydrogen-bond acceptors (Lipinski definition) is 7. The van der Waals surface area contributed by atoms with Crippen LogP contribution in [0.15, 0.2) is 36.4 Å². The minimum Gasteiger partial charge on any atom is -0.493 e. The maximum atomic E-state index is 13.7. The molecule has 1 saturated heterocycles. The minimum absolute atomic E-state index is 0.226. The topological polar surface area (TPSA) is 112 Å². The maximum Gasteiger partial charge on any atom is 0.315 e. The van der Waals surface area contributed by atoms with Gasteiger partial charge in [-0.1, -0.05) is 12.1 Å². The standard InChI is InChI=1S/C25H28N2O7/c1-31-16-10-8-14(12-18(16)33-3)22-25(20(28)6-5-7-21(25)29)23(27-24(30)26-22)15-9-11-17(32-2)19(13-15)34-4/h8-13,22-23H,5-7H2,1-4H3,(H2,26,27,30). The lowest BCUT2D eigenvalue weighted by molar-refractivity contribution is -0.149. The quantitative estimate of drug-likeness (QED) is 0.627. The summed E-state index contributed by atoms with van der Waals surface area (Å²) < 4.78 is 21.5. The highest BCUT2D eigenvalue weighted by atomic mass is 16.5. The molecule has 2 atom stereocenters. The van der Waals surface area contributed by atoms with E-state index in [4.69, 9.17) is 18.9 Å². The largest absolute Gasteiger partial charge is 0.493 e. The summed E-state index contributed by atoms with van der Waals surface area (Å²) in [6.45, 7) is 0. The third-order valence-electron chi connectivity index (χ3n) is 6.67. The molecule has 180 valence electrons. The number of amides is 2. The molecule has 34 heavy (non-hydrogen) atoms. The Bertz CT molecular complexity index is 1040. The van der Waals surface area contributed by atoms with Gasteiger partial charge in [0.25, 0.3) is 0 Å². The molecular weight excluding hydrogens is 440 g/mol. The molecule has 1 saturated carbocycles. The second-order valence-corrected chi connectivity index (χ2v) is 8.28. The number of urea groups is 1. The highest BCUT2D eigenvalue weighted by molar-refractivity contribution is 6.12. The van der Waals surface area contributed by atoms with E-state index in [9.17, 15) is 14.4 Å². The number of Topliss-reactive ketones (excluding diaryl/α,β-unsaturated/α-hetero) is 2. The van der Waals surface area contributed by atoms with Gasteiger partial charge < -0.3 is 29.6 Å². The SMILES string of the molecule is COc1ccc(C2NC(=O)NC(c3ccc(OC)c(OC)c3)C23C(=O)CCCC3=O)cc1OC. The van der Waals surface area contributed by atoms with E-state index in [0.717, 1.165) is 0 Å². The summed E-state index contributed by atoms with van der Waals surface area (Å²) in [4.78, 5) is 40.2. The fourth-order valence-corrected chi connectivity index (χ4v) is 5.08. The van der Waals surface area contributed by atoms with Crippen LogP contribution in [-0.4, -0.2) is 46.0 Å². The van der Waals surface area contributed by atoms with Gasteiger partial charge in [-0.05, 0) is 41.8 Å². The lowest BCUT2D eigenvalue weighted by Crippen LogP contribution is -2.65. The van der Waals surface area contributed by atoms with Gasteiger partial charge in [0.2, 0.25) is 0 Å². The first-order chi connectivity index (χ1) is 16.4. The molecule has 1 spiro atoms. The van der Waals surface area contributed by atoms with Crippen molar-refractivity contribution < 1.29 is 33.3 Å². The van der Waals surface area contributed by atoms with E-state index >= 15 is 0 Å². The van der Waals surface area contributed by atoms with Gasteiger partial charge in [0.05, 0.1) is 40.5 Å². The summed E-state index contributed by atoms with van der Waals surface area (Å²) in [7, 11) is 6.04. The Morgan fingerprint density at radius 1 is 0.676 bits per heavy atom. The number of carbonyl (C=O) groups is 3. The van der Waals surface area contributed by atoms with E-state index in [1.807, 2.05) is 0 Å². The highest BCUT2D eigenvalue weighted by Gasteiger charge is 2.61. The van der Waals surface area contributed by atoms with E-state index in [-0.39, 0.29) is 24.4 Å². The van der Waals surface area contributed by atoms with Gasteiger partial charge in [-0.2, -0.15) is 0 Å². The van der Waals surface area contributed by atoms with E-state index in [2.05, 4.69) is 10.6 Å². The summed E-state index contributed by atoms with van der Waals surface area (Å²) in [6, 6.07) is 7.95. The van der Waals surface area contributed by atoms with Crippen LogP contribution in [0.2, 0.25) is 0 Å². The number of rotatable bonds is 6. The number of methoxy groups -OCH3 is 4. The number of nitrogens with one attached hydrogen (secondary N) is 2. The smallest absolute Gasteiger partial charge is 0.315 e. The first-order valence-electron chi connectivity index (χ1n) is 11.0. The predicted octanol–water partition coefficient (Wildman–Crippen LogP) is 3.12. The lowest BCUT2D eigenvalue weighted by Gasteiger charge is -2.49. The molecule has 2 N–H and O–H groups in total. The van der Waals surface area contributed by atoms with Crippen molar-refractivity contribution in [1.29, 1.82) is 0 Å². The van der Waals surface area contributed by atoms with Crippen LogP contribution in [-0.2, 0) is 9.59 Å². The molecule has 1 heterocycles. The van der Waals surface area contributed by atoms with Crippen molar-refractivity contribution in [3.63, 3.8) is 0 Å². The zero-order valence-electron chi connectivity index (χ0n) is 19.6. The Morgan fingerprint density at radius 2 is 1.09 bits per heavy atom. The van der Waals surface area contributed by atoms with Gasteiger partial charge in [-0.25, -0.2) is 4.79 Å². The molecule has 2 aromatic rings. The van der Waals surface area contributed by atoms with Crippen molar-refractivity contribution in [2.24, 2.45) is 5.41 Å². The summed E-state index contributed by atoms with van der Waals surface area (Å²) >= 11 is 0. The summed E-state index contributed by atoms with van der Waals surface area (Å²) in [5.41, 5.74) is -0.408. The van der Waals surface area contributed by atoms with Crippen LogP contribution in [0.25, 0.3) is 0 Å². The van der Waals surface area contributed by atoms with E-state index < -0.39 is 23.5 Å². The second-order valence-electron chi connectivity index (χ2n) is 8.28. The van der Waals surface area contributed by atoms with Gasteiger partial charge in [-0.3, -0.25) is 9.59 Å². The Hall–Kier alpha value is -3.75. The van der Waals surface area contributed by atoms with Crippen LogP contribution in [0.1, 0.15) is 42.5 Å². The molecule has 2 unspecified atom stereocenters. The van der Waals surface area contributed by atoms with Gasteiger partial charge in [0.1, 0.15) is 5.41 Å². The number of carbonyl (C=O) groups excluding carboxylic acids is 3. The molecule has 9 heteroatoms. The number of ketones is 2. The molecule has 2 aliphatic rings. The zero-order valence-corrected chi connectivity index (χ0v) is 19.6. The molecule has 2 amide bonds. The van der Waals surface area contributed by atoms with Crippen LogP contribution >= 0.6 is 0 Å². The van der Waals surface area contributed by atoms with Gasteiger partial charge in [-0.15, -0.1) is 0 Å². The average Bonchev–Trinajstić information content (AvgIpc) is 2.86. The van der Waals surface area contributed by atoms with E-state index in [1.54, 1.807) is 36.4 Å². The normalized spacial score (nSPS) is 21.5. The van der Waals surface area contributed by atoms with E-state index in [1.165, 1.54) is 28.4 Å². The van der Waals surface area contributed by atoms with E-state index in [0.29, 0.717) is 40.5 Å². The predicted molar refractivity (Wildman–Crippen MR) is 123 cm³/mol. The molecule has 1 aliphatic heterocycles. The third kappa shape index (κ3) is 3.61. The van der Waals surface area contributed by atoms with Crippen LogP contribution in [0.4, 0.5) is 4.79 Å². The summed E-state index contributed by atoms with van der Waals surface area (Å²) in [5.74, 6) is 1.41. The van der Waals surface area contributed by atoms with Crippen LogP contribution < -0.4 is 29.6 Å². The maximum absolute atomic E-state index is 13.7. The monoisotopic (exact) mass is 468 g/mol. The van der Waals surface area contributed by atoms with Crippen molar-refractivity contribution in [3.05, 3.63) is 47.5 Å². The van der Waals surface area contributed by atoms with Gasteiger partial charge in [0.15, 0.2) is 34.6 Å². The molecular formula is C25H28N2O7. The van der Waals surface area contributed by atoms with Crippen molar-refractivity contribution >= 4 is 17.6 Å². The highest BCUT2D eigenvalue weighted by Crippen LogP contribution is 2.53. The molecule has 4 rings (SSSR count). The Balaban J connectivity index is 1.93. The fourth-order valence-electron chi connectivity index (χ4n) is 5.08. The fraction of sp³-hybridized carbons (Fsp3) is 0.400. The Labute approximate surface area is 197 Å².